The van der Waals surface area contributed by atoms with Crippen molar-refractivity contribution in [2.24, 2.45) is 4.99 Å². The van der Waals surface area contributed by atoms with Crippen LogP contribution in [0.3, 0.4) is 0 Å². The Balaban J connectivity index is 2.03. The number of aliphatic imine (C=N–C) groups is 1. The number of aryl methyl sites for hydroxylation is 1. The van der Waals surface area contributed by atoms with E-state index < -0.39 is 0 Å². The third-order valence-corrected chi connectivity index (χ3v) is 1.86. The molecule has 1 aromatic rings. The molecule has 1 aliphatic rings. The molecule has 0 atom stereocenters. The van der Waals surface area contributed by atoms with Gasteiger partial charge in [-0.1, -0.05) is 0 Å². The van der Waals surface area contributed by atoms with Crippen LogP contribution in [0.2, 0.25) is 0 Å². The van der Waals surface area contributed by atoms with Crippen molar-refractivity contribution in [1.29, 1.82) is 0 Å². The fourth-order valence-electron chi connectivity index (χ4n) is 1.31. The topological polar surface area (TPSA) is 53.1 Å². The maximum Gasteiger partial charge on any atom is 0.103 e. The van der Waals surface area contributed by atoms with E-state index in [0.29, 0.717) is 0 Å². The summed E-state index contributed by atoms with van der Waals surface area (Å²) in [5.74, 6) is 2.03. The zero-order valence-electron chi connectivity index (χ0n) is 7.09. The largest absolute Gasteiger partial charge is 0.372 e. The smallest absolute Gasteiger partial charge is 0.103 e. The molecular formula is C8H12N4. The first-order valence-electron chi connectivity index (χ1n) is 4.12. The van der Waals surface area contributed by atoms with Gasteiger partial charge in [-0.15, -0.1) is 0 Å². The summed E-state index contributed by atoms with van der Waals surface area (Å²) < 4.78 is 0. The van der Waals surface area contributed by atoms with E-state index in [1.165, 1.54) is 0 Å². The average Bonchev–Trinajstić information content (AvgIpc) is 2.63. The highest BCUT2D eigenvalue weighted by molar-refractivity contribution is 5.85. The molecule has 1 aliphatic heterocycles. The fourth-order valence-corrected chi connectivity index (χ4v) is 1.31. The van der Waals surface area contributed by atoms with Crippen LogP contribution in [0.25, 0.3) is 0 Å². The molecule has 0 bridgehead atoms. The molecule has 0 spiro atoms. The van der Waals surface area contributed by atoms with Crippen molar-refractivity contribution in [2.45, 2.75) is 13.3 Å². The van der Waals surface area contributed by atoms with E-state index in [1.807, 2.05) is 13.1 Å². The predicted octanol–water partition coefficient (Wildman–Crippen LogP) is 0.262. The van der Waals surface area contributed by atoms with Gasteiger partial charge in [0.1, 0.15) is 11.7 Å². The van der Waals surface area contributed by atoms with Crippen LogP contribution < -0.4 is 5.32 Å². The van der Waals surface area contributed by atoms with E-state index in [1.54, 1.807) is 0 Å². The number of nitrogens with one attached hydrogen (secondary N) is 2. The van der Waals surface area contributed by atoms with E-state index in [2.05, 4.69) is 20.3 Å². The maximum atomic E-state index is 4.30. The number of hydrogen-bond acceptors (Lipinski definition) is 3. The molecule has 0 aliphatic carbocycles. The van der Waals surface area contributed by atoms with E-state index in [9.17, 15) is 0 Å². The third-order valence-electron chi connectivity index (χ3n) is 1.86. The second-order valence-corrected chi connectivity index (χ2v) is 2.93. The highest BCUT2D eigenvalue weighted by Crippen LogP contribution is 1.99. The molecule has 64 valence electrons. The lowest BCUT2D eigenvalue weighted by atomic mass is 10.3. The van der Waals surface area contributed by atoms with Crippen LogP contribution in [0.1, 0.15) is 11.5 Å². The molecule has 12 heavy (non-hydrogen) atoms. The number of imidazole rings is 1. The fraction of sp³-hybridized carbons (Fsp3) is 0.500. The Hall–Kier alpha value is -1.32. The number of H-pyrrole nitrogens is 1. The molecule has 0 unspecified atom stereocenters. The number of aromatic amines is 1. The molecule has 2 heterocycles. The zero-order valence-corrected chi connectivity index (χ0v) is 7.09. The zero-order chi connectivity index (χ0) is 8.39. The minimum atomic E-state index is 0.848. The monoisotopic (exact) mass is 164 g/mol. The van der Waals surface area contributed by atoms with Gasteiger partial charge in [-0.3, -0.25) is 4.99 Å². The first kappa shape index (κ1) is 7.34. The van der Waals surface area contributed by atoms with Gasteiger partial charge in [-0.25, -0.2) is 4.98 Å². The number of aromatic nitrogens is 2. The van der Waals surface area contributed by atoms with Gasteiger partial charge in [0.25, 0.3) is 0 Å². The summed E-state index contributed by atoms with van der Waals surface area (Å²) in [6.07, 6.45) is 2.71. The molecule has 4 nitrogen and oxygen atoms in total. The van der Waals surface area contributed by atoms with Gasteiger partial charge in [0.2, 0.25) is 0 Å². The first-order valence-corrected chi connectivity index (χ1v) is 4.12. The Morgan fingerprint density at radius 1 is 1.58 bits per heavy atom. The van der Waals surface area contributed by atoms with Gasteiger partial charge in [0.05, 0.1) is 6.54 Å². The van der Waals surface area contributed by atoms with Gasteiger partial charge in [0.15, 0.2) is 0 Å². The van der Waals surface area contributed by atoms with E-state index >= 15 is 0 Å². The van der Waals surface area contributed by atoms with Crippen molar-refractivity contribution in [3.63, 3.8) is 0 Å². The standard InChI is InChI=1S/C8H12N4/c1-6-11-5-7(12-6)4-8-9-2-3-10-8/h5H,2-4H2,1H3,(H,9,10)(H,11,12). The Morgan fingerprint density at radius 2 is 2.50 bits per heavy atom. The van der Waals surface area contributed by atoms with Crippen LogP contribution in [0, 0.1) is 6.92 Å². The van der Waals surface area contributed by atoms with Crippen LogP contribution in [0.4, 0.5) is 0 Å². The van der Waals surface area contributed by atoms with Crippen LogP contribution in [0.15, 0.2) is 11.2 Å². The van der Waals surface area contributed by atoms with Crippen molar-refractivity contribution < 1.29 is 0 Å². The van der Waals surface area contributed by atoms with Gasteiger partial charge >= 0.3 is 0 Å². The van der Waals surface area contributed by atoms with Crippen LogP contribution in [-0.4, -0.2) is 28.9 Å². The van der Waals surface area contributed by atoms with E-state index in [4.69, 9.17) is 0 Å². The Labute approximate surface area is 71.1 Å². The number of nitrogens with zero attached hydrogens (tertiary/aromatic N) is 2. The third kappa shape index (κ3) is 1.47. The van der Waals surface area contributed by atoms with Crippen molar-refractivity contribution >= 4 is 5.84 Å². The molecule has 2 N–H and O–H groups in total. The second-order valence-electron chi connectivity index (χ2n) is 2.93. The van der Waals surface area contributed by atoms with Gasteiger partial charge in [-0.2, -0.15) is 0 Å². The molecule has 0 radical (unpaired) electrons. The van der Waals surface area contributed by atoms with Gasteiger partial charge in [-0.05, 0) is 6.92 Å². The summed E-state index contributed by atoms with van der Waals surface area (Å²) in [5.41, 5.74) is 1.13. The summed E-state index contributed by atoms with van der Waals surface area (Å²) in [5, 5.41) is 3.22. The summed E-state index contributed by atoms with van der Waals surface area (Å²) in [4.78, 5) is 11.6. The minimum absolute atomic E-state index is 0.848. The summed E-state index contributed by atoms with van der Waals surface area (Å²) in [6.45, 7) is 3.83. The predicted molar refractivity (Wildman–Crippen MR) is 47.3 cm³/mol. The molecule has 0 amide bonds. The summed E-state index contributed by atoms with van der Waals surface area (Å²) in [7, 11) is 0. The Morgan fingerprint density at radius 3 is 3.08 bits per heavy atom. The lowest BCUT2D eigenvalue weighted by Gasteiger charge is -1.97. The summed E-state index contributed by atoms with van der Waals surface area (Å²) >= 11 is 0. The first-order chi connectivity index (χ1) is 5.84. The van der Waals surface area contributed by atoms with E-state index in [0.717, 1.165) is 36.9 Å². The lowest BCUT2D eigenvalue weighted by Crippen LogP contribution is -2.20. The number of amidine groups is 1. The molecular weight excluding hydrogens is 152 g/mol. The van der Waals surface area contributed by atoms with Crippen molar-refractivity contribution in [3.8, 4) is 0 Å². The van der Waals surface area contributed by atoms with E-state index in [-0.39, 0.29) is 0 Å². The Bertz CT molecular complexity index is 300. The van der Waals surface area contributed by atoms with Crippen molar-refractivity contribution in [2.75, 3.05) is 13.1 Å². The average molecular weight is 164 g/mol. The highest BCUT2D eigenvalue weighted by Gasteiger charge is 2.06. The molecule has 0 saturated carbocycles. The Kier molecular flexibility index (Phi) is 1.81. The molecule has 2 rings (SSSR count). The maximum absolute atomic E-state index is 4.30. The van der Waals surface area contributed by atoms with Crippen LogP contribution in [-0.2, 0) is 6.42 Å². The molecule has 0 aromatic carbocycles. The van der Waals surface area contributed by atoms with Crippen LogP contribution in [0.5, 0.6) is 0 Å². The minimum Gasteiger partial charge on any atom is -0.372 e. The number of hydrogen-bond donors (Lipinski definition) is 2. The summed E-state index contributed by atoms with van der Waals surface area (Å²) in [6, 6.07) is 0. The lowest BCUT2D eigenvalue weighted by molar-refractivity contribution is 0.950. The highest BCUT2D eigenvalue weighted by atomic mass is 15.1. The van der Waals surface area contributed by atoms with Crippen molar-refractivity contribution in [1.82, 2.24) is 15.3 Å². The molecule has 4 heteroatoms. The van der Waals surface area contributed by atoms with Gasteiger partial charge < -0.3 is 10.3 Å². The van der Waals surface area contributed by atoms with Crippen molar-refractivity contribution in [3.05, 3.63) is 17.7 Å². The second kappa shape index (κ2) is 2.97. The van der Waals surface area contributed by atoms with Gasteiger partial charge in [0, 0.05) is 24.9 Å². The SMILES string of the molecule is Cc1ncc(CC2=NCCN2)[nH]1. The van der Waals surface area contributed by atoms with Crippen LogP contribution >= 0.6 is 0 Å². The quantitative estimate of drug-likeness (QED) is 0.659. The molecule has 0 fully saturated rings. The molecule has 0 saturated heterocycles. The molecule has 1 aromatic heterocycles. The normalized spacial score (nSPS) is 15.9. The number of rotatable bonds is 2.